The number of hydrogen-bond acceptors (Lipinski definition) is 4. The Labute approximate surface area is 164 Å². The lowest BCUT2D eigenvalue weighted by Crippen LogP contribution is -2.25. The molecule has 0 N–H and O–H groups in total. The Hall–Kier alpha value is -3.34. The Kier molecular flexibility index (Phi) is 4.74. The van der Waals surface area contributed by atoms with Crippen LogP contribution in [0.1, 0.15) is 36.5 Å². The van der Waals surface area contributed by atoms with Gasteiger partial charge in [-0.3, -0.25) is 10.1 Å². The first-order valence-corrected chi connectivity index (χ1v) is 9.53. The second-order valence-electron chi connectivity index (χ2n) is 6.78. The maximum atomic E-state index is 11.1. The molecule has 0 radical (unpaired) electrons. The molecule has 0 aliphatic carbocycles. The van der Waals surface area contributed by atoms with Crippen molar-refractivity contribution < 1.29 is 9.66 Å². The molecule has 142 valence electrons. The second kappa shape index (κ2) is 7.35. The van der Waals surface area contributed by atoms with E-state index in [2.05, 4.69) is 30.9 Å². The van der Waals surface area contributed by atoms with Gasteiger partial charge in [0.2, 0.25) is 0 Å². The van der Waals surface area contributed by atoms with E-state index in [-0.39, 0.29) is 16.5 Å². The molecule has 1 aliphatic heterocycles. The molecule has 0 saturated heterocycles. The minimum absolute atomic E-state index is 0.0439. The summed E-state index contributed by atoms with van der Waals surface area (Å²) in [6, 6.07) is 21.0. The lowest BCUT2D eigenvalue weighted by atomic mass is 9.81. The van der Waals surface area contributed by atoms with Gasteiger partial charge < -0.3 is 9.64 Å². The smallest absolute Gasteiger partial charge is 0.269 e. The highest BCUT2D eigenvalue weighted by molar-refractivity contribution is 5.69. The van der Waals surface area contributed by atoms with E-state index >= 15 is 0 Å². The number of nitrogens with zero attached hydrogens (tertiary/aromatic N) is 2. The summed E-state index contributed by atoms with van der Waals surface area (Å²) >= 11 is 0. The molecule has 0 bridgehead atoms. The number of nitro groups is 1. The van der Waals surface area contributed by atoms with Gasteiger partial charge in [-0.1, -0.05) is 36.4 Å². The van der Waals surface area contributed by atoms with Gasteiger partial charge in [-0.15, -0.1) is 0 Å². The van der Waals surface area contributed by atoms with Crippen molar-refractivity contribution in [3.8, 4) is 11.5 Å². The van der Waals surface area contributed by atoms with Crippen molar-refractivity contribution in [2.75, 3.05) is 18.0 Å². The van der Waals surface area contributed by atoms with E-state index in [1.165, 1.54) is 0 Å². The zero-order valence-corrected chi connectivity index (χ0v) is 16.0. The Bertz CT molecular complexity index is 1010. The highest BCUT2D eigenvalue weighted by atomic mass is 16.6. The van der Waals surface area contributed by atoms with Gasteiger partial charge in [-0.05, 0) is 37.6 Å². The number of hydrogen-bond donors (Lipinski definition) is 0. The first-order valence-electron chi connectivity index (χ1n) is 9.53. The third kappa shape index (κ3) is 2.99. The molecule has 0 saturated carbocycles. The molecule has 0 spiro atoms. The largest absolute Gasteiger partial charge is 0.457 e. The molecule has 1 heterocycles. The fourth-order valence-electron chi connectivity index (χ4n) is 3.97. The molecular weight excluding hydrogens is 352 g/mol. The summed E-state index contributed by atoms with van der Waals surface area (Å²) in [4.78, 5) is 13.0. The van der Waals surface area contributed by atoms with Crippen LogP contribution in [0.4, 0.5) is 11.4 Å². The summed E-state index contributed by atoms with van der Waals surface area (Å²) in [5.74, 6) is 1.62. The minimum Gasteiger partial charge on any atom is -0.457 e. The number of nitro benzene ring substituents is 1. The third-order valence-electron chi connectivity index (χ3n) is 5.32. The van der Waals surface area contributed by atoms with Crippen LogP contribution in [-0.2, 0) is 0 Å². The number of rotatable bonds is 5. The molecule has 1 aliphatic rings. The lowest BCUT2D eigenvalue weighted by Gasteiger charge is -2.34. The van der Waals surface area contributed by atoms with E-state index in [0.717, 1.165) is 47.0 Å². The van der Waals surface area contributed by atoms with Crippen LogP contribution in [-0.4, -0.2) is 18.0 Å². The maximum absolute atomic E-state index is 11.1. The number of para-hydroxylation sites is 1. The Morgan fingerprint density at radius 3 is 2.29 bits per heavy atom. The number of benzene rings is 3. The van der Waals surface area contributed by atoms with Crippen LogP contribution in [0.5, 0.6) is 11.5 Å². The van der Waals surface area contributed by atoms with Gasteiger partial charge in [0, 0.05) is 48.0 Å². The molecule has 5 heteroatoms. The van der Waals surface area contributed by atoms with Crippen LogP contribution in [0.3, 0.4) is 0 Å². The SMILES string of the molecule is CCN(CC)c1cccc2c1C(c1ccc([N+](=O)[O-])cc1)c1ccccc1O2. The van der Waals surface area contributed by atoms with Crippen LogP contribution < -0.4 is 9.64 Å². The fourth-order valence-corrected chi connectivity index (χ4v) is 3.97. The lowest BCUT2D eigenvalue weighted by molar-refractivity contribution is -0.384. The number of ether oxygens (including phenoxy) is 1. The molecule has 5 nitrogen and oxygen atoms in total. The zero-order chi connectivity index (χ0) is 19.7. The molecule has 0 fully saturated rings. The van der Waals surface area contributed by atoms with Gasteiger partial charge in [0.15, 0.2) is 0 Å². The number of anilines is 1. The van der Waals surface area contributed by atoms with Crippen molar-refractivity contribution >= 4 is 11.4 Å². The number of fused-ring (bicyclic) bond motifs is 2. The van der Waals surface area contributed by atoms with E-state index < -0.39 is 0 Å². The monoisotopic (exact) mass is 374 g/mol. The van der Waals surface area contributed by atoms with Gasteiger partial charge in [0.25, 0.3) is 5.69 Å². The van der Waals surface area contributed by atoms with Gasteiger partial charge in [0.1, 0.15) is 11.5 Å². The summed E-state index contributed by atoms with van der Waals surface area (Å²) in [6.45, 7) is 6.06. The molecule has 3 aromatic carbocycles. The predicted molar refractivity (Wildman–Crippen MR) is 111 cm³/mol. The molecule has 0 amide bonds. The van der Waals surface area contributed by atoms with E-state index in [4.69, 9.17) is 4.74 Å². The van der Waals surface area contributed by atoms with Gasteiger partial charge in [-0.25, -0.2) is 0 Å². The molecule has 1 atom stereocenters. The van der Waals surface area contributed by atoms with E-state index in [1.54, 1.807) is 12.1 Å². The standard InChI is InChI=1S/C23H22N2O3/c1-3-24(4-2)19-9-7-11-21-23(19)22(18-8-5-6-10-20(18)28-21)16-12-14-17(15-13-16)25(26)27/h5-15,22H,3-4H2,1-2H3. The Morgan fingerprint density at radius 1 is 0.929 bits per heavy atom. The van der Waals surface area contributed by atoms with E-state index in [0.29, 0.717) is 0 Å². The summed E-state index contributed by atoms with van der Waals surface area (Å²) in [5, 5.41) is 11.1. The van der Waals surface area contributed by atoms with Crippen LogP contribution in [0.25, 0.3) is 0 Å². The van der Waals surface area contributed by atoms with Gasteiger partial charge >= 0.3 is 0 Å². The van der Waals surface area contributed by atoms with Crippen molar-refractivity contribution in [1.29, 1.82) is 0 Å². The average molecular weight is 374 g/mol. The predicted octanol–water partition coefficient (Wildman–Crippen LogP) is 5.73. The molecule has 0 aromatic heterocycles. The maximum Gasteiger partial charge on any atom is 0.269 e. The summed E-state index contributed by atoms with van der Waals surface area (Å²) < 4.78 is 6.24. The molecular formula is C23H22N2O3. The highest BCUT2D eigenvalue weighted by Gasteiger charge is 2.32. The van der Waals surface area contributed by atoms with Crippen molar-refractivity contribution in [2.45, 2.75) is 19.8 Å². The molecule has 1 unspecified atom stereocenters. The third-order valence-corrected chi connectivity index (χ3v) is 5.32. The van der Waals surface area contributed by atoms with Crippen LogP contribution in [0.2, 0.25) is 0 Å². The average Bonchev–Trinajstić information content (AvgIpc) is 2.73. The van der Waals surface area contributed by atoms with Crippen LogP contribution in [0, 0.1) is 10.1 Å². The van der Waals surface area contributed by atoms with Crippen molar-refractivity contribution in [2.24, 2.45) is 0 Å². The molecule has 4 rings (SSSR count). The first-order chi connectivity index (χ1) is 13.6. The Morgan fingerprint density at radius 2 is 1.61 bits per heavy atom. The normalized spacial score (nSPS) is 14.6. The fraction of sp³-hybridized carbons (Fsp3) is 0.217. The number of non-ortho nitro benzene ring substituents is 1. The topological polar surface area (TPSA) is 55.6 Å². The summed E-state index contributed by atoms with van der Waals surface area (Å²) in [7, 11) is 0. The van der Waals surface area contributed by atoms with Crippen LogP contribution >= 0.6 is 0 Å². The van der Waals surface area contributed by atoms with Crippen molar-refractivity contribution in [1.82, 2.24) is 0 Å². The second-order valence-corrected chi connectivity index (χ2v) is 6.78. The quantitative estimate of drug-likeness (QED) is 0.331. The van der Waals surface area contributed by atoms with Crippen molar-refractivity contribution in [3.05, 3.63) is 93.5 Å². The summed E-state index contributed by atoms with van der Waals surface area (Å²) in [6.07, 6.45) is 0. The van der Waals surface area contributed by atoms with Gasteiger partial charge in [-0.2, -0.15) is 0 Å². The zero-order valence-electron chi connectivity index (χ0n) is 16.0. The highest BCUT2D eigenvalue weighted by Crippen LogP contribution is 2.50. The van der Waals surface area contributed by atoms with E-state index in [9.17, 15) is 10.1 Å². The first kappa shape index (κ1) is 18.0. The summed E-state index contributed by atoms with van der Waals surface area (Å²) in [5.41, 5.74) is 4.44. The van der Waals surface area contributed by atoms with Crippen molar-refractivity contribution in [3.63, 3.8) is 0 Å². The molecule has 3 aromatic rings. The van der Waals surface area contributed by atoms with Crippen LogP contribution in [0.15, 0.2) is 66.7 Å². The minimum atomic E-state index is -0.364. The van der Waals surface area contributed by atoms with Gasteiger partial charge in [0.05, 0.1) is 4.92 Å². The molecule has 28 heavy (non-hydrogen) atoms. The Balaban J connectivity index is 1.94. The van der Waals surface area contributed by atoms with E-state index in [1.807, 2.05) is 42.5 Å².